The minimum absolute atomic E-state index is 0.000533. The zero-order valence-corrected chi connectivity index (χ0v) is 14.2. The Labute approximate surface area is 149 Å². The molecule has 0 fully saturated rings. The fraction of sp³-hybridized carbons (Fsp3) is 0.211. The average Bonchev–Trinajstić information content (AvgIpc) is 2.72. The number of para-hydroxylation sites is 1. The summed E-state index contributed by atoms with van der Waals surface area (Å²) in [4.78, 5) is 38.5. The molecular formula is C19H16FNO5. The maximum absolute atomic E-state index is 13.8. The van der Waals surface area contributed by atoms with Gasteiger partial charge >= 0.3 is 0 Å². The summed E-state index contributed by atoms with van der Waals surface area (Å²) >= 11 is 0. The number of ether oxygens (including phenoxy) is 2. The van der Waals surface area contributed by atoms with Crippen LogP contribution in [0.5, 0.6) is 11.5 Å². The molecule has 6 nitrogen and oxygen atoms in total. The Morgan fingerprint density at radius 1 is 1.23 bits per heavy atom. The molecule has 7 heteroatoms. The van der Waals surface area contributed by atoms with Gasteiger partial charge in [-0.15, -0.1) is 0 Å². The van der Waals surface area contributed by atoms with Crippen LogP contribution in [-0.4, -0.2) is 42.3 Å². The number of carbonyl (C=O) groups excluding carboxylic acids is 3. The first kappa shape index (κ1) is 17.6. The smallest absolute Gasteiger partial charge is 0.270 e. The van der Waals surface area contributed by atoms with E-state index in [4.69, 9.17) is 9.47 Å². The van der Waals surface area contributed by atoms with Crippen molar-refractivity contribution in [3.63, 3.8) is 0 Å². The van der Waals surface area contributed by atoms with E-state index in [1.54, 1.807) is 18.2 Å². The number of Topliss-reactive ketones (excluding diaryl/α,β-unsaturated/α-hetero) is 1. The molecule has 1 aliphatic heterocycles. The number of carbonyl (C=O) groups is 3. The van der Waals surface area contributed by atoms with E-state index in [1.165, 1.54) is 32.2 Å². The lowest BCUT2D eigenvalue weighted by Crippen LogP contribution is -2.44. The van der Waals surface area contributed by atoms with Crippen molar-refractivity contribution in [1.82, 2.24) is 4.90 Å². The maximum atomic E-state index is 13.8. The zero-order valence-electron chi connectivity index (χ0n) is 14.2. The summed E-state index contributed by atoms with van der Waals surface area (Å²) in [5.74, 6) is -2.25. The summed E-state index contributed by atoms with van der Waals surface area (Å²) in [7, 11) is 1.31. The molecule has 134 valence electrons. The normalized spacial score (nSPS) is 16.6. The molecule has 0 saturated heterocycles. The molecule has 0 radical (unpaired) electrons. The largest absolute Gasteiger partial charge is 0.494 e. The van der Waals surface area contributed by atoms with Gasteiger partial charge in [0.15, 0.2) is 23.5 Å². The highest BCUT2D eigenvalue weighted by molar-refractivity contribution is 6.12. The number of methoxy groups -OCH3 is 1. The Balaban J connectivity index is 1.90. The molecule has 0 saturated carbocycles. The van der Waals surface area contributed by atoms with Crippen molar-refractivity contribution in [2.75, 3.05) is 13.7 Å². The van der Waals surface area contributed by atoms with Gasteiger partial charge in [-0.05, 0) is 37.3 Å². The molecule has 2 aromatic carbocycles. The Morgan fingerprint density at radius 3 is 2.65 bits per heavy atom. The second-order valence-corrected chi connectivity index (χ2v) is 5.76. The zero-order chi connectivity index (χ0) is 18.8. The first-order valence-electron chi connectivity index (χ1n) is 7.90. The molecule has 0 spiro atoms. The number of imide groups is 1. The lowest BCUT2D eigenvalue weighted by atomic mass is 10.1. The Hall–Kier alpha value is -3.22. The number of benzene rings is 2. The molecule has 1 heterocycles. The van der Waals surface area contributed by atoms with Gasteiger partial charge in [-0.25, -0.2) is 4.39 Å². The fourth-order valence-corrected chi connectivity index (χ4v) is 2.68. The average molecular weight is 357 g/mol. The van der Waals surface area contributed by atoms with Crippen LogP contribution in [0, 0.1) is 5.82 Å². The highest BCUT2D eigenvalue weighted by Crippen LogP contribution is 2.26. The third-order valence-electron chi connectivity index (χ3n) is 4.06. The van der Waals surface area contributed by atoms with Crippen molar-refractivity contribution < 1.29 is 28.2 Å². The number of hydrogen-bond donors (Lipinski definition) is 0. The van der Waals surface area contributed by atoms with Gasteiger partial charge in [0, 0.05) is 5.56 Å². The van der Waals surface area contributed by atoms with Crippen LogP contribution in [0.2, 0.25) is 0 Å². The van der Waals surface area contributed by atoms with E-state index >= 15 is 0 Å². The van der Waals surface area contributed by atoms with Gasteiger partial charge < -0.3 is 9.47 Å². The molecule has 2 amide bonds. The number of rotatable bonds is 4. The molecular weight excluding hydrogens is 341 g/mol. The van der Waals surface area contributed by atoms with Crippen molar-refractivity contribution in [3.8, 4) is 11.5 Å². The third kappa shape index (κ3) is 3.15. The minimum Gasteiger partial charge on any atom is -0.494 e. The van der Waals surface area contributed by atoms with Crippen LogP contribution in [0.1, 0.15) is 27.6 Å². The summed E-state index contributed by atoms with van der Waals surface area (Å²) in [6.07, 6.45) is -0.928. The second kappa shape index (κ2) is 6.95. The van der Waals surface area contributed by atoms with Crippen LogP contribution in [0.4, 0.5) is 4.39 Å². The lowest BCUT2D eigenvalue weighted by Gasteiger charge is -2.19. The monoisotopic (exact) mass is 357 g/mol. The molecule has 26 heavy (non-hydrogen) atoms. The number of halogens is 1. The van der Waals surface area contributed by atoms with Crippen molar-refractivity contribution in [3.05, 3.63) is 59.4 Å². The number of fused-ring (bicyclic) bond motifs is 1. The Bertz CT molecular complexity index is 895. The quantitative estimate of drug-likeness (QED) is 0.621. The van der Waals surface area contributed by atoms with Gasteiger partial charge in [-0.2, -0.15) is 0 Å². The molecule has 1 unspecified atom stereocenters. The summed E-state index contributed by atoms with van der Waals surface area (Å²) < 4.78 is 24.1. The summed E-state index contributed by atoms with van der Waals surface area (Å²) in [6, 6.07) is 10.1. The van der Waals surface area contributed by atoms with Crippen molar-refractivity contribution in [2.24, 2.45) is 0 Å². The van der Waals surface area contributed by atoms with Crippen LogP contribution >= 0.6 is 0 Å². The van der Waals surface area contributed by atoms with Gasteiger partial charge in [0.2, 0.25) is 0 Å². The number of amides is 2. The van der Waals surface area contributed by atoms with Gasteiger partial charge in [0.25, 0.3) is 11.8 Å². The lowest BCUT2D eigenvalue weighted by molar-refractivity contribution is -0.134. The van der Waals surface area contributed by atoms with Gasteiger partial charge in [0.05, 0.1) is 19.2 Å². The van der Waals surface area contributed by atoms with Crippen molar-refractivity contribution in [2.45, 2.75) is 13.0 Å². The standard InChI is InChI=1S/C19H16FNO5/c1-11-18(23)21(19(24)13-5-3-4-6-16(13)26-11)10-15(22)12-7-8-17(25-2)14(20)9-12/h3-9,11H,10H2,1-2H3. The fourth-order valence-electron chi connectivity index (χ4n) is 2.68. The topological polar surface area (TPSA) is 72.9 Å². The highest BCUT2D eigenvalue weighted by Gasteiger charge is 2.35. The SMILES string of the molecule is COc1ccc(C(=O)CN2C(=O)c3ccccc3OC(C)C2=O)cc1F. The van der Waals surface area contributed by atoms with E-state index in [2.05, 4.69) is 0 Å². The molecule has 0 aromatic heterocycles. The molecule has 0 bridgehead atoms. The number of hydrogen-bond acceptors (Lipinski definition) is 5. The molecule has 0 N–H and O–H groups in total. The molecule has 0 aliphatic carbocycles. The van der Waals surface area contributed by atoms with E-state index in [9.17, 15) is 18.8 Å². The first-order chi connectivity index (χ1) is 12.4. The highest BCUT2D eigenvalue weighted by atomic mass is 19.1. The molecule has 1 aliphatic rings. The number of ketones is 1. The summed E-state index contributed by atoms with van der Waals surface area (Å²) in [5, 5.41) is 0. The predicted octanol–water partition coefficient (Wildman–Crippen LogP) is 2.47. The van der Waals surface area contributed by atoms with E-state index < -0.39 is 36.1 Å². The molecule has 2 aromatic rings. The van der Waals surface area contributed by atoms with Crippen molar-refractivity contribution >= 4 is 17.6 Å². The van der Waals surface area contributed by atoms with Gasteiger partial charge in [-0.3, -0.25) is 19.3 Å². The Kier molecular flexibility index (Phi) is 4.71. The van der Waals surface area contributed by atoms with Crippen LogP contribution in [0.15, 0.2) is 42.5 Å². The minimum atomic E-state index is -0.928. The first-order valence-corrected chi connectivity index (χ1v) is 7.90. The van der Waals surface area contributed by atoms with Crippen LogP contribution in [0.3, 0.4) is 0 Å². The maximum Gasteiger partial charge on any atom is 0.270 e. The van der Waals surface area contributed by atoms with E-state index in [-0.39, 0.29) is 22.6 Å². The molecule has 1 atom stereocenters. The summed E-state index contributed by atoms with van der Waals surface area (Å²) in [5.41, 5.74) is 0.230. The number of nitrogens with zero attached hydrogens (tertiary/aromatic N) is 1. The Morgan fingerprint density at radius 2 is 1.96 bits per heavy atom. The predicted molar refractivity (Wildman–Crippen MR) is 89.9 cm³/mol. The van der Waals surface area contributed by atoms with Crippen molar-refractivity contribution in [1.29, 1.82) is 0 Å². The van der Waals surface area contributed by atoms with Gasteiger partial charge in [-0.1, -0.05) is 12.1 Å². The van der Waals surface area contributed by atoms with Crippen LogP contribution in [-0.2, 0) is 4.79 Å². The van der Waals surface area contributed by atoms with Gasteiger partial charge in [0.1, 0.15) is 5.75 Å². The van der Waals surface area contributed by atoms with E-state index in [0.717, 1.165) is 11.0 Å². The van der Waals surface area contributed by atoms with E-state index in [0.29, 0.717) is 0 Å². The van der Waals surface area contributed by atoms with Crippen LogP contribution in [0.25, 0.3) is 0 Å². The summed E-state index contributed by atoms with van der Waals surface area (Å²) in [6.45, 7) is 0.994. The third-order valence-corrected chi connectivity index (χ3v) is 4.06. The molecule has 3 rings (SSSR count). The second-order valence-electron chi connectivity index (χ2n) is 5.76. The van der Waals surface area contributed by atoms with Crippen LogP contribution < -0.4 is 9.47 Å². The van der Waals surface area contributed by atoms with E-state index in [1.807, 2.05) is 0 Å².